The molecule has 0 aliphatic carbocycles. The molecule has 0 aromatic rings. The van der Waals surface area contributed by atoms with Gasteiger partial charge in [0.05, 0.1) is 18.8 Å². The first-order chi connectivity index (χ1) is 33.7. The number of nitrogens with one attached hydrogen (secondary N) is 1. The Hall–Kier alpha value is -1.65. The van der Waals surface area contributed by atoms with Crippen molar-refractivity contribution in [3.8, 4) is 0 Å². The molecule has 68 heavy (non-hydrogen) atoms. The number of hydrogen-bond donors (Lipinski definition) is 3. The van der Waals surface area contributed by atoms with Crippen LogP contribution in [0.1, 0.15) is 335 Å². The molecule has 0 radical (unpaired) electrons. The highest BCUT2D eigenvalue weighted by atomic mass is 16.3. The molecular formula is C64H121NO3. The van der Waals surface area contributed by atoms with E-state index in [1.165, 1.54) is 276 Å². The van der Waals surface area contributed by atoms with Gasteiger partial charge in [0.2, 0.25) is 5.91 Å². The van der Waals surface area contributed by atoms with Crippen molar-refractivity contribution in [3.63, 3.8) is 0 Å². The third-order valence-electron chi connectivity index (χ3n) is 14.3. The van der Waals surface area contributed by atoms with Crippen LogP contribution in [0.2, 0.25) is 0 Å². The molecule has 0 aromatic carbocycles. The number of carbonyl (C=O) groups excluding carboxylic acids is 1. The smallest absolute Gasteiger partial charge is 0.220 e. The average Bonchev–Trinajstić information content (AvgIpc) is 3.34. The van der Waals surface area contributed by atoms with E-state index >= 15 is 0 Å². The minimum Gasteiger partial charge on any atom is -0.394 e. The lowest BCUT2D eigenvalue weighted by Crippen LogP contribution is -2.45. The number of unbranched alkanes of at least 4 members (excludes halogenated alkanes) is 44. The average molecular weight is 953 g/mol. The summed E-state index contributed by atoms with van der Waals surface area (Å²) >= 11 is 0. The lowest BCUT2D eigenvalue weighted by atomic mass is 10.0. The van der Waals surface area contributed by atoms with Crippen molar-refractivity contribution in [1.29, 1.82) is 0 Å². The molecule has 0 spiro atoms. The standard InChI is InChI=1S/C64H121NO3/c1-3-5-7-9-11-13-15-17-19-20-21-22-23-24-25-26-27-28-29-30-31-32-33-34-35-36-37-38-39-40-41-42-43-44-46-48-50-52-54-56-58-60-64(68)65-62(61-66)63(67)59-57-55-53-51-49-47-45-18-16-14-12-10-8-6-4-2/h16,18,20-21,49,51,57,59,62-63,66-67H,3-15,17,19,22-48,50,52-56,58,60-61H2,1-2H3,(H,65,68)/b18-16+,21-20-,51-49+,59-57+. The van der Waals surface area contributed by atoms with E-state index in [-0.39, 0.29) is 12.5 Å². The topological polar surface area (TPSA) is 69.6 Å². The van der Waals surface area contributed by atoms with Gasteiger partial charge in [0.15, 0.2) is 0 Å². The molecule has 0 aromatic heterocycles. The second-order valence-corrected chi connectivity index (χ2v) is 21.1. The molecule has 4 nitrogen and oxygen atoms in total. The number of amides is 1. The molecule has 2 atom stereocenters. The maximum absolute atomic E-state index is 12.5. The second-order valence-electron chi connectivity index (χ2n) is 21.1. The number of carbonyl (C=O) groups is 1. The molecule has 0 aliphatic rings. The molecule has 0 heterocycles. The molecule has 0 bridgehead atoms. The van der Waals surface area contributed by atoms with E-state index in [0.29, 0.717) is 6.42 Å². The first-order valence-corrected chi connectivity index (χ1v) is 30.9. The van der Waals surface area contributed by atoms with Crippen molar-refractivity contribution in [1.82, 2.24) is 5.32 Å². The Kier molecular flexibility index (Phi) is 58.2. The van der Waals surface area contributed by atoms with E-state index < -0.39 is 12.1 Å². The van der Waals surface area contributed by atoms with Gasteiger partial charge in [-0.05, 0) is 70.6 Å². The minimum absolute atomic E-state index is 0.0734. The quantitative estimate of drug-likeness (QED) is 0.0420. The normalized spacial score (nSPS) is 13.1. The lowest BCUT2D eigenvalue weighted by Gasteiger charge is -2.19. The van der Waals surface area contributed by atoms with Crippen LogP contribution in [-0.2, 0) is 4.79 Å². The molecule has 3 N–H and O–H groups in total. The third kappa shape index (κ3) is 55.3. The minimum atomic E-state index is -0.869. The largest absolute Gasteiger partial charge is 0.394 e. The zero-order valence-corrected chi connectivity index (χ0v) is 46.1. The highest BCUT2D eigenvalue weighted by molar-refractivity contribution is 5.76. The van der Waals surface area contributed by atoms with Gasteiger partial charge in [-0.15, -0.1) is 0 Å². The number of allylic oxidation sites excluding steroid dienone is 7. The Bertz CT molecular complexity index is 1080. The summed E-state index contributed by atoms with van der Waals surface area (Å²) in [6, 6.07) is -0.644. The van der Waals surface area contributed by atoms with Crippen molar-refractivity contribution in [2.75, 3.05) is 6.61 Å². The monoisotopic (exact) mass is 952 g/mol. The highest BCUT2D eigenvalue weighted by Gasteiger charge is 2.18. The fraction of sp³-hybridized carbons (Fsp3) is 0.859. The van der Waals surface area contributed by atoms with Crippen molar-refractivity contribution < 1.29 is 15.0 Å². The fourth-order valence-electron chi connectivity index (χ4n) is 9.56. The SMILES string of the molecule is CCCCCCC/C=C/CC/C=C/CC/C=C/C(O)C(CO)NC(=O)CCCCCCCCCCCCCCCCCCCCCCCCCCCCCCC/C=C\CCCCCCCCCC. The van der Waals surface area contributed by atoms with E-state index in [2.05, 4.69) is 55.6 Å². The molecule has 0 saturated heterocycles. The summed E-state index contributed by atoms with van der Waals surface area (Å²) in [6.45, 7) is 4.30. The Morgan fingerprint density at radius 3 is 0.853 bits per heavy atom. The van der Waals surface area contributed by atoms with Gasteiger partial charge in [0.25, 0.3) is 0 Å². The van der Waals surface area contributed by atoms with Crippen molar-refractivity contribution >= 4 is 5.91 Å². The number of aliphatic hydroxyl groups is 2. The molecule has 0 rings (SSSR count). The number of rotatable bonds is 57. The summed E-state index contributed by atoms with van der Waals surface area (Å²) in [7, 11) is 0. The van der Waals surface area contributed by atoms with Gasteiger partial charge in [-0.2, -0.15) is 0 Å². The molecular weight excluding hydrogens is 831 g/mol. The van der Waals surface area contributed by atoms with E-state index in [1.807, 2.05) is 6.08 Å². The second kappa shape index (κ2) is 59.7. The van der Waals surface area contributed by atoms with Crippen LogP contribution in [0.5, 0.6) is 0 Å². The van der Waals surface area contributed by atoms with Gasteiger partial charge in [0.1, 0.15) is 0 Å². The Morgan fingerprint density at radius 1 is 0.338 bits per heavy atom. The predicted octanol–water partition coefficient (Wildman–Crippen LogP) is 20.6. The van der Waals surface area contributed by atoms with Crippen LogP contribution < -0.4 is 5.32 Å². The van der Waals surface area contributed by atoms with Crippen molar-refractivity contribution in [2.24, 2.45) is 0 Å². The van der Waals surface area contributed by atoms with Crippen LogP contribution in [0.25, 0.3) is 0 Å². The molecule has 0 fully saturated rings. The first kappa shape index (κ1) is 66.3. The van der Waals surface area contributed by atoms with Crippen LogP contribution in [0.3, 0.4) is 0 Å². The van der Waals surface area contributed by atoms with Gasteiger partial charge in [0, 0.05) is 6.42 Å². The molecule has 4 heteroatoms. The van der Waals surface area contributed by atoms with Gasteiger partial charge >= 0.3 is 0 Å². The van der Waals surface area contributed by atoms with Gasteiger partial charge < -0.3 is 15.5 Å². The molecule has 400 valence electrons. The molecule has 0 aliphatic heterocycles. The van der Waals surface area contributed by atoms with Crippen molar-refractivity contribution in [3.05, 3.63) is 48.6 Å². The Morgan fingerprint density at radius 2 is 0.574 bits per heavy atom. The fourth-order valence-corrected chi connectivity index (χ4v) is 9.56. The summed E-state index contributed by atoms with van der Waals surface area (Å²) < 4.78 is 0. The number of aliphatic hydroxyl groups excluding tert-OH is 2. The third-order valence-corrected chi connectivity index (χ3v) is 14.3. The zero-order valence-electron chi connectivity index (χ0n) is 46.1. The van der Waals surface area contributed by atoms with Crippen LogP contribution in [0, 0.1) is 0 Å². The van der Waals surface area contributed by atoms with E-state index in [9.17, 15) is 15.0 Å². The van der Waals surface area contributed by atoms with E-state index in [4.69, 9.17) is 0 Å². The zero-order chi connectivity index (χ0) is 49.2. The van der Waals surface area contributed by atoms with Crippen molar-refractivity contribution in [2.45, 2.75) is 347 Å². The van der Waals surface area contributed by atoms with E-state index in [0.717, 1.165) is 38.5 Å². The molecule has 1 amide bonds. The lowest BCUT2D eigenvalue weighted by molar-refractivity contribution is -0.123. The predicted molar refractivity (Wildman–Crippen MR) is 304 cm³/mol. The summed E-state index contributed by atoms with van der Waals surface area (Å²) in [5.41, 5.74) is 0. The maximum Gasteiger partial charge on any atom is 0.220 e. The number of hydrogen-bond acceptors (Lipinski definition) is 3. The molecule has 0 saturated carbocycles. The van der Waals surface area contributed by atoms with Gasteiger partial charge in [-0.1, -0.05) is 306 Å². The van der Waals surface area contributed by atoms with Crippen LogP contribution >= 0.6 is 0 Å². The Balaban J connectivity index is 3.38. The van der Waals surface area contributed by atoms with Gasteiger partial charge in [-0.3, -0.25) is 4.79 Å². The van der Waals surface area contributed by atoms with Crippen LogP contribution in [-0.4, -0.2) is 34.9 Å². The summed E-state index contributed by atoms with van der Waals surface area (Å²) in [6.07, 6.45) is 83.2. The van der Waals surface area contributed by atoms with Crippen LogP contribution in [0.4, 0.5) is 0 Å². The van der Waals surface area contributed by atoms with E-state index in [1.54, 1.807) is 6.08 Å². The molecule has 2 unspecified atom stereocenters. The summed E-state index contributed by atoms with van der Waals surface area (Å²) in [5, 5.41) is 23.1. The summed E-state index contributed by atoms with van der Waals surface area (Å²) in [4.78, 5) is 12.5. The van der Waals surface area contributed by atoms with Crippen LogP contribution in [0.15, 0.2) is 48.6 Å². The Labute approximate surface area is 426 Å². The maximum atomic E-state index is 12.5. The first-order valence-electron chi connectivity index (χ1n) is 30.9. The van der Waals surface area contributed by atoms with Gasteiger partial charge in [-0.25, -0.2) is 0 Å². The highest BCUT2D eigenvalue weighted by Crippen LogP contribution is 2.18. The summed E-state index contributed by atoms with van der Waals surface area (Å²) in [5.74, 6) is -0.0734.